The maximum atomic E-state index is 12.9. The number of H-pyrrole nitrogens is 1. The lowest BCUT2D eigenvalue weighted by molar-refractivity contribution is -0.0705. The van der Waals surface area contributed by atoms with Crippen molar-refractivity contribution in [2.24, 2.45) is 4.99 Å². The van der Waals surface area contributed by atoms with E-state index in [0.717, 1.165) is 40.6 Å². The van der Waals surface area contributed by atoms with E-state index in [0.29, 0.717) is 6.61 Å². The number of aromatic amines is 1. The Labute approximate surface area is 163 Å². The average molecular weight is 388 g/mol. The highest BCUT2D eigenvalue weighted by Crippen LogP contribution is 2.45. The molecule has 2 aliphatic heterocycles. The minimum atomic E-state index is -0.200. The third-order valence-electron chi connectivity index (χ3n) is 5.20. The summed E-state index contributed by atoms with van der Waals surface area (Å²) >= 11 is 1.62. The number of nitrogens with zero attached hydrogens (tertiary/aromatic N) is 2. The van der Waals surface area contributed by atoms with Gasteiger partial charge < -0.3 is 9.47 Å². The summed E-state index contributed by atoms with van der Waals surface area (Å²) in [5, 5.41) is 3.96. The van der Waals surface area contributed by atoms with E-state index in [1.165, 1.54) is 0 Å². The first-order valence-corrected chi connectivity index (χ1v) is 10.1. The van der Waals surface area contributed by atoms with Gasteiger partial charge in [0.05, 0.1) is 34.6 Å². The van der Waals surface area contributed by atoms with Crippen LogP contribution in [-0.2, 0) is 4.74 Å². The zero-order valence-electron chi connectivity index (χ0n) is 16.1. The zero-order chi connectivity index (χ0) is 19.2. The van der Waals surface area contributed by atoms with Crippen LogP contribution in [0.25, 0.3) is 0 Å². The number of hydrogen-bond donors (Lipinski definition) is 1. The topological polar surface area (TPSA) is 68.6 Å². The van der Waals surface area contributed by atoms with Gasteiger partial charge in [0.15, 0.2) is 5.82 Å². The summed E-state index contributed by atoms with van der Waals surface area (Å²) in [7, 11) is 1.65. The SMILES string of the molecule is COc1ccc([C@H]2SC(C)=Nc3c2c(=O)[nH]n3[C@H]2CCOC(C)(C)C2)cc1. The summed E-state index contributed by atoms with van der Waals surface area (Å²) in [5.74, 6) is 1.57. The summed E-state index contributed by atoms with van der Waals surface area (Å²) in [4.78, 5) is 17.6. The maximum Gasteiger partial charge on any atom is 0.271 e. The number of aromatic nitrogens is 2. The molecular weight excluding hydrogens is 362 g/mol. The van der Waals surface area contributed by atoms with E-state index in [4.69, 9.17) is 14.5 Å². The number of nitrogens with one attached hydrogen (secondary N) is 1. The van der Waals surface area contributed by atoms with Crippen LogP contribution in [0, 0.1) is 0 Å². The Balaban J connectivity index is 1.76. The van der Waals surface area contributed by atoms with Crippen molar-refractivity contribution >= 4 is 22.6 Å². The summed E-state index contributed by atoms with van der Waals surface area (Å²) in [6.07, 6.45) is 1.72. The van der Waals surface area contributed by atoms with Crippen molar-refractivity contribution in [1.82, 2.24) is 9.78 Å². The number of hydrogen-bond acceptors (Lipinski definition) is 5. The van der Waals surface area contributed by atoms with E-state index < -0.39 is 0 Å². The second-order valence-corrected chi connectivity index (χ2v) is 9.00. The number of fused-ring (bicyclic) bond motifs is 1. The summed E-state index contributed by atoms with van der Waals surface area (Å²) in [6.45, 7) is 6.88. The predicted molar refractivity (Wildman–Crippen MR) is 109 cm³/mol. The van der Waals surface area contributed by atoms with Crippen molar-refractivity contribution < 1.29 is 9.47 Å². The molecule has 0 saturated carbocycles. The molecule has 1 N–H and O–H groups in total. The van der Waals surface area contributed by atoms with Gasteiger partial charge in [0, 0.05) is 6.61 Å². The van der Waals surface area contributed by atoms with Gasteiger partial charge in [0.25, 0.3) is 5.56 Å². The van der Waals surface area contributed by atoms with Gasteiger partial charge in [0.1, 0.15) is 5.75 Å². The maximum absolute atomic E-state index is 12.9. The number of ether oxygens (including phenoxy) is 2. The third kappa shape index (κ3) is 3.46. The van der Waals surface area contributed by atoms with E-state index in [2.05, 4.69) is 18.9 Å². The molecule has 0 spiro atoms. The molecule has 1 fully saturated rings. The zero-order valence-corrected chi connectivity index (χ0v) is 16.9. The molecule has 27 heavy (non-hydrogen) atoms. The van der Waals surface area contributed by atoms with Crippen molar-refractivity contribution in [1.29, 1.82) is 0 Å². The van der Waals surface area contributed by atoms with E-state index in [9.17, 15) is 4.79 Å². The lowest BCUT2D eigenvalue weighted by Gasteiger charge is -2.36. The van der Waals surface area contributed by atoms with Gasteiger partial charge in [-0.3, -0.25) is 14.6 Å². The van der Waals surface area contributed by atoms with Crippen molar-refractivity contribution in [2.45, 2.75) is 50.5 Å². The molecule has 0 amide bonds. The fourth-order valence-corrected chi connectivity index (χ4v) is 5.01. The van der Waals surface area contributed by atoms with E-state index in [1.807, 2.05) is 35.9 Å². The largest absolute Gasteiger partial charge is 0.497 e. The van der Waals surface area contributed by atoms with Crippen LogP contribution >= 0.6 is 11.8 Å². The highest BCUT2D eigenvalue weighted by molar-refractivity contribution is 8.14. The molecule has 144 valence electrons. The summed E-state index contributed by atoms with van der Waals surface area (Å²) in [5.41, 5.74) is 1.56. The normalized spacial score (nSPS) is 24.2. The highest BCUT2D eigenvalue weighted by atomic mass is 32.2. The quantitative estimate of drug-likeness (QED) is 0.857. The smallest absolute Gasteiger partial charge is 0.271 e. The lowest BCUT2D eigenvalue weighted by atomic mass is 9.94. The Bertz CT molecular complexity index is 927. The van der Waals surface area contributed by atoms with Gasteiger partial charge in [-0.2, -0.15) is 0 Å². The molecule has 0 radical (unpaired) electrons. The molecular formula is C20H25N3O3S. The number of benzene rings is 1. The average Bonchev–Trinajstić information content (AvgIpc) is 2.97. The lowest BCUT2D eigenvalue weighted by Crippen LogP contribution is -2.35. The molecule has 6 nitrogen and oxygen atoms in total. The Morgan fingerprint density at radius 3 is 2.74 bits per heavy atom. The molecule has 4 rings (SSSR count). The van der Waals surface area contributed by atoms with Crippen LogP contribution in [0.2, 0.25) is 0 Å². The van der Waals surface area contributed by atoms with Crippen molar-refractivity contribution in [3.63, 3.8) is 0 Å². The van der Waals surface area contributed by atoms with Crippen molar-refractivity contribution in [2.75, 3.05) is 13.7 Å². The molecule has 0 bridgehead atoms. The van der Waals surface area contributed by atoms with Crippen LogP contribution in [-0.4, -0.2) is 34.1 Å². The molecule has 1 saturated heterocycles. The third-order valence-corrected chi connectivity index (χ3v) is 6.38. The van der Waals surface area contributed by atoms with E-state index in [-0.39, 0.29) is 22.5 Å². The molecule has 1 aromatic carbocycles. The van der Waals surface area contributed by atoms with Crippen LogP contribution in [0.15, 0.2) is 34.1 Å². The second-order valence-electron chi connectivity index (χ2n) is 7.70. The van der Waals surface area contributed by atoms with E-state index in [1.54, 1.807) is 18.9 Å². The Hall–Kier alpha value is -1.99. The minimum Gasteiger partial charge on any atom is -0.497 e. The molecule has 0 unspecified atom stereocenters. The molecule has 0 aliphatic carbocycles. The van der Waals surface area contributed by atoms with Crippen molar-refractivity contribution in [3.8, 4) is 5.75 Å². The van der Waals surface area contributed by atoms with Crippen LogP contribution in [0.5, 0.6) is 5.75 Å². The van der Waals surface area contributed by atoms with Gasteiger partial charge in [0.2, 0.25) is 0 Å². The monoisotopic (exact) mass is 387 g/mol. The Kier molecular flexibility index (Phi) is 4.68. The predicted octanol–water partition coefficient (Wildman–Crippen LogP) is 4.20. The van der Waals surface area contributed by atoms with Gasteiger partial charge in [-0.05, 0) is 51.3 Å². The van der Waals surface area contributed by atoms with Crippen LogP contribution in [0.3, 0.4) is 0 Å². The highest BCUT2D eigenvalue weighted by Gasteiger charge is 2.35. The Morgan fingerprint density at radius 2 is 2.07 bits per heavy atom. The van der Waals surface area contributed by atoms with Gasteiger partial charge in [-0.1, -0.05) is 23.9 Å². The standard InChI is InChI=1S/C20H25N3O3S/c1-12-21-18-16(17(27-12)13-5-7-15(25-4)8-6-13)19(24)22-23(18)14-9-10-26-20(2,3)11-14/h5-8,14,17H,9-11H2,1-4H3,(H,22,24)/t14-,17+/m0/s1. The fraction of sp³-hybridized carbons (Fsp3) is 0.500. The molecule has 2 atom stereocenters. The molecule has 2 aromatic rings. The van der Waals surface area contributed by atoms with E-state index >= 15 is 0 Å². The molecule has 7 heteroatoms. The minimum absolute atomic E-state index is 0.0566. The second kappa shape index (κ2) is 6.87. The molecule has 2 aliphatic rings. The Morgan fingerprint density at radius 1 is 1.33 bits per heavy atom. The number of rotatable bonds is 3. The van der Waals surface area contributed by atoms with Crippen LogP contribution < -0.4 is 10.3 Å². The first-order valence-electron chi connectivity index (χ1n) is 9.22. The van der Waals surface area contributed by atoms with Crippen molar-refractivity contribution in [3.05, 3.63) is 45.7 Å². The molecule has 1 aromatic heterocycles. The van der Waals surface area contributed by atoms with Gasteiger partial charge >= 0.3 is 0 Å². The number of aliphatic imine (C=N–C) groups is 1. The van der Waals surface area contributed by atoms with Gasteiger partial charge in [-0.15, -0.1) is 0 Å². The van der Waals surface area contributed by atoms with Crippen LogP contribution in [0.4, 0.5) is 5.82 Å². The number of thioether (sulfide) groups is 1. The molecule has 3 heterocycles. The fourth-order valence-electron chi connectivity index (χ4n) is 3.91. The first kappa shape index (κ1) is 18.4. The summed E-state index contributed by atoms with van der Waals surface area (Å²) < 4.78 is 13.1. The van der Waals surface area contributed by atoms with Crippen LogP contribution in [0.1, 0.15) is 56.0 Å². The number of methoxy groups -OCH3 is 1. The first-order chi connectivity index (χ1) is 12.9. The summed E-state index contributed by atoms with van der Waals surface area (Å²) in [6, 6.07) is 8.09. The van der Waals surface area contributed by atoms with Gasteiger partial charge in [-0.25, -0.2) is 4.99 Å².